The lowest BCUT2D eigenvalue weighted by molar-refractivity contribution is 0.700. The lowest BCUT2D eigenvalue weighted by atomic mass is 10.3. The normalized spacial score (nSPS) is 17.0. The van der Waals surface area contributed by atoms with Crippen molar-refractivity contribution in [2.75, 3.05) is 0 Å². The highest BCUT2D eigenvalue weighted by atomic mass is 79.9. The van der Waals surface area contributed by atoms with Crippen molar-refractivity contribution >= 4 is 21.9 Å². The van der Waals surface area contributed by atoms with Gasteiger partial charge in [0.15, 0.2) is 0 Å². The Morgan fingerprint density at radius 2 is 2.40 bits per heavy atom. The van der Waals surface area contributed by atoms with Gasteiger partial charge in [0.05, 0.1) is 21.9 Å². The first-order chi connectivity index (χ1) is 4.83. The molecule has 0 saturated heterocycles. The minimum absolute atomic E-state index is 0.959. The first-order valence-electron chi connectivity index (χ1n) is 3.20. The van der Waals surface area contributed by atoms with Crippen LogP contribution in [0, 0.1) is 0 Å². The fraction of sp³-hybridized carbons (Fsp3) is 0.286. The molecule has 1 rings (SSSR count). The molecule has 1 heterocycles. The molecule has 0 atom stereocenters. The zero-order valence-corrected chi connectivity index (χ0v) is 7.37. The van der Waals surface area contributed by atoms with Crippen molar-refractivity contribution in [3.8, 4) is 0 Å². The van der Waals surface area contributed by atoms with Crippen LogP contribution in [0.5, 0.6) is 0 Å². The van der Waals surface area contributed by atoms with Crippen LogP contribution in [0.2, 0.25) is 0 Å². The highest BCUT2D eigenvalue weighted by molar-refractivity contribution is 9.07. The van der Waals surface area contributed by atoms with E-state index < -0.39 is 0 Å². The molecule has 0 radical (unpaired) electrons. The van der Waals surface area contributed by atoms with Crippen LogP contribution >= 0.6 is 16.1 Å². The molecule has 0 aromatic heterocycles. The van der Waals surface area contributed by atoms with Gasteiger partial charge in [-0.3, -0.25) is 0 Å². The molecule has 0 aromatic carbocycles. The number of hydrogen-bond donors (Lipinski definition) is 0. The van der Waals surface area contributed by atoms with Gasteiger partial charge in [0.25, 0.3) is 0 Å². The summed E-state index contributed by atoms with van der Waals surface area (Å²) in [6, 6.07) is 0. The van der Waals surface area contributed by atoms with Crippen LogP contribution in [0.1, 0.15) is 13.3 Å². The maximum absolute atomic E-state index is 4.19. The Morgan fingerprint density at radius 1 is 1.60 bits per heavy atom. The van der Waals surface area contributed by atoms with Gasteiger partial charge in [0.2, 0.25) is 0 Å². The number of rotatable bonds is 1. The van der Waals surface area contributed by atoms with Gasteiger partial charge in [-0.05, 0) is 18.6 Å². The van der Waals surface area contributed by atoms with Gasteiger partial charge in [-0.2, -0.15) is 5.10 Å². The Morgan fingerprint density at radius 3 is 3.10 bits per heavy atom. The molecule has 0 aromatic rings. The third-order valence-corrected chi connectivity index (χ3v) is 1.59. The van der Waals surface area contributed by atoms with Crippen LogP contribution in [0.25, 0.3) is 0 Å². The van der Waals surface area contributed by atoms with E-state index in [4.69, 9.17) is 0 Å². The van der Waals surface area contributed by atoms with Gasteiger partial charge in [0, 0.05) is 6.20 Å². The maximum Gasteiger partial charge on any atom is 0.0743 e. The molecule has 54 valence electrons. The predicted molar refractivity (Wildman–Crippen MR) is 46.8 cm³/mol. The van der Waals surface area contributed by atoms with Gasteiger partial charge in [-0.1, -0.05) is 13.0 Å². The zero-order valence-electron chi connectivity index (χ0n) is 5.79. The molecule has 1 aliphatic rings. The number of halogens is 1. The van der Waals surface area contributed by atoms with E-state index in [-0.39, 0.29) is 0 Å². The summed E-state index contributed by atoms with van der Waals surface area (Å²) in [5.41, 5.74) is 1.07. The SMILES string of the molecule is CCC1=NN(Br)C=CC=C1. The number of hydrogen-bond acceptors (Lipinski definition) is 2. The maximum atomic E-state index is 4.19. The standard InChI is InChI=1S/C7H9BrN2/c1-2-7-5-3-4-6-10(8)9-7/h3-6H,2H2,1H3. The minimum Gasteiger partial charge on any atom is -0.205 e. The molecule has 2 nitrogen and oxygen atoms in total. The molecular weight excluding hydrogens is 192 g/mol. The Balaban J connectivity index is 2.74. The summed E-state index contributed by atoms with van der Waals surface area (Å²) in [5, 5.41) is 4.19. The number of nitrogens with zero attached hydrogens (tertiary/aromatic N) is 2. The molecule has 0 unspecified atom stereocenters. The second kappa shape index (κ2) is 3.56. The third kappa shape index (κ3) is 1.99. The largest absolute Gasteiger partial charge is 0.205 e. The van der Waals surface area contributed by atoms with Crippen molar-refractivity contribution in [3.63, 3.8) is 0 Å². The van der Waals surface area contributed by atoms with Crippen LogP contribution in [0.4, 0.5) is 0 Å². The van der Waals surface area contributed by atoms with E-state index in [1.165, 1.54) is 0 Å². The Bertz CT molecular complexity index is 194. The van der Waals surface area contributed by atoms with Gasteiger partial charge in [-0.15, -0.1) is 0 Å². The zero-order chi connectivity index (χ0) is 7.40. The molecule has 0 saturated carbocycles. The Kier molecular flexibility index (Phi) is 2.68. The quantitative estimate of drug-likeness (QED) is 0.595. The fourth-order valence-electron chi connectivity index (χ4n) is 0.665. The van der Waals surface area contributed by atoms with E-state index in [1.54, 1.807) is 4.03 Å². The average Bonchev–Trinajstić information content (AvgIpc) is 2.13. The van der Waals surface area contributed by atoms with Crippen molar-refractivity contribution < 1.29 is 0 Å². The Labute approximate surface area is 69.2 Å². The van der Waals surface area contributed by atoms with Crippen molar-refractivity contribution in [1.82, 2.24) is 4.03 Å². The molecular formula is C7H9BrN2. The first-order valence-corrected chi connectivity index (χ1v) is 3.91. The van der Waals surface area contributed by atoms with E-state index in [0.717, 1.165) is 12.1 Å². The van der Waals surface area contributed by atoms with E-state index >= 15 is 0 Å². The van der Waals surface area contributed by atoms with Crippen molar-refractivity contribution in [2.45, 2.75) is 13.3 Å². The van der Waals surface area contributed by atoms with E-state index in [9.17, 15) is 0 Å². The smallest absolute Gasteiger partial charge is 0.0743 e. The van der Waals surface area contributed by atoms with E-state index in [0.29, 0.717) is 0 Å². The van der Waals surface area contributed by atoms with Crippen molar-refractivity contribution in [3.05, 3.63) is 24.4 Å². The molecule has 0 bridgehead atoms. The van der Waals surface area contributed by atoms with Gasteiger partial charge in [0.1, 0.15) is 0 Å². The lowest BCUT2D eigenvalue weighted by Crippen LogP contribution is -1.97. The Hall–Kier alpha value is -0.570. The molecule has 1 aliphatic heterocycles. The minimum atomic E-state index is 0.959. The van der Waals surface area contributed by atoms with Crippen LogP contribution in [-0.2, 0) is 0 Å². The molecule has 3 heteroatoms. The fourth-order valence-corrected chi connectivity index (χ4v) is 1.01. The van der Waals surface area contributed by atoms with Crippen LogP contribution in [-0.4, -0.2) is 9.75 Å². The number of hydrazone groups is 1. The highest BCUT2D eigenvalue weighted by Gasteiger charge is 1.94. The van der Waals surface area contributed by atoms with Crippen LogP contribution < -0.4 is 0 Å². The van der Waals surface area contributed by atoms with E-state index in [2.05, 4.69) is 28.2 Å². The summed E-state index contributed by atoms with van der Waals surface area (Å²) in [6.07, 6.45) is 8.71. The summed E-state index contributed by atoms with van der Waals surface area (Å²) in [4.78, 5) is 0. The predicted octanol–water partition coefficient (Wildman–Crippen LogP) is 2.45. The molecule has 0 amide bonds. The van der Waals surface area contributed by atoms with Crippen LogP contribution in [0.15, 0.2) is 29.5 Å². The molecule has 0 fully saturated rings. The molecule has 10 heavy (non-hydrogen) atoms. The third-order valence-electron chi connectivity index (χ3n) is 1.20. The van der Waals surface area contributed by atoms with Crippen molar-refractivity contribution in [1.29, 1.82) is 0 Å². The second-order valence-corrected chi connectivity index (χ2v) is 2.66. The summed E-state index contributed by atoms with van der Waals surface area (Å²) in [7, 11) is 0. The average molecular weight is 201 g/mol. The summed E-state index contributed by atoms with van der Waals surface area (Å²) >= 11 is 3.24. The number of allylic oxidation sites excluding steroid dienone is 3. The summed E-state index contributed by atoms with van der Waals surface area (Å²) in [6.45, 7) is 2.08. The molecule has 0 N–H and O–H groups in total. The molecule has 0 spiro atoms. The molecule has 0 aliphatic carbocycles. The van der Waals surface area contributed by atoms with Gasteiger partial charge in [-0.25, -0.2) is 4.03 Å². The summed E-state index contributed by atoms with van der Waals surface area (Å²) < 4.78 is 1.63. The second-order valence-electron chi connectivity index (χ2n) is 1.93. The lowest BCUT2D eigenvalue weighted by Gasteiger charge is -2.01. The first kappa shape index (κ1) is 7.54. The topological polar surface area (TPSA) is 15.6 Å². The monoisotopic (exact) mass is 200 g/mol. The van der Waals surface area contributed by atoms with Gasteiger partial charge >= 0.3 is 0 Å². The summed E-state index contributed by atoms with van der Waals surface area (Å²) in [5.74, 6) is 0. The van der Waals surface area contributed by atoms with E-state index in [1.807, 2.05) is 24.4 Å². The van der Waals surface area contributed by atoms with Gasteiger partial charge < -0.3 is 0 Å². The highest BCUT2D eigenvalue weighted by Crippen LogP contribution is 2.05. The van der Waals surface area contributed by atoms with Crippen LogP contribution in [0.3, 0.4) is 0 Å². The van der Waals surface area contributed by atoms with Crippen molar-refractivity contribution in [2.24, 2.45) is 5.10 Å².